The molecule has 0 aromatic carbocycles. The second-order valence-corrected chi connectivity index (χ2v) is 3.79. The standard InChI is InChI=1S/C10H12N2OS/c1-2-12-9(6-13)5-10(11-12)8-3-4-14-7-8/h3-5,7,13H,2,6H2,1H3. The molecule has 0 fully saturated rings. The molecule has 0 saturated carbocycles. The summed E-state index contributed by atoms with van der Waals surface area (Å²) in [7, 11) is 0. The van der Waals surface area contributed by atoms with Gasteiger partial charge in [-0.05, 0) is 24.4 Å². The Bertz CT molecular complexity index is 384. The van der Waals surface area contributed by atoms with Crippen LogP contribution in [-0.4, -0.2) is 14.9 Å². The first-order chi connectivity index (χ1) is 6.85. The maximum atomic E-state index is 9.10. The van der Waals surface area contributed by atoms with Gasteiger partial charge in [0.05, 0.1) is 18.0 Å². The van der Waals surface area contributed by atoms with Gasteiger partial charge >= 0.3 is 0 Å². The van der Waals surface area contributed by atoms with Crippen molar-refractivity contribution in [3.63, 3.8) is 0 Å². The lowest BCUT2D eigenvalue weighted by molar-refractivity contribution is 0.268. The number of aromatic nitrogens is 2. The van der Waals surface area contributed by atoms with Crippen molar-refractivity contribution in [2.75, 3.05) is 0 Å². The summed E-state index contributed by atoms with van der Waals surface area (Å²) in [6.07, 6.45) is 0. The number of hydrogen-bond donors (Lipinski definition) is 1. The van der Waals surface area contributed by atoms with E-state index in [4.69, 9.17) is 5.11 Å². The van der Waals surface area contributed by atoms with Crippen LogP contribution in [0.2, 0.25) is 0 Å². The highest BCUT2D eigenvalue weighted by atomic mass is 32.1. The zero-order valence-electron chi connectivity index (χ0n) is 7.97. The molecular formula is C10H12N2OS. The number of hydrogen-bond acceptors (Lipinski definition) is 3. The summed E-state index contributed by atoms with van der Waals surface area (Å²) in [5, 5.41) is 17.6. The molecule has 2 heterocycles. The Morgan fingerprint density at radius 2 is 2.43 bits per heavy atom. The van der Waals surface area contributed by atoms with E-state index in [1.54, 1.807) is 11.3 Å². The average molecular weight is 208 g/mol. The van der Waals surface area contributed by atoms with Gasteiger partial charge in [0.15, 0.2) is 0 Å². The quantitative estimate of drug-likeness (QED) is 0.839. The highest BCUT2D eigenvalue weighted by Crippen LogP contribution is 2.21. The molecular weight excluding hydrogens is 196 g/mol. The number of rotatable bonds is 3. The van der Waals surface area contributed by atoms with Crippen molar-refractivity contribution in [3.8, 4) is 11.3 Å². The number of aliphatic hydroxyl groups excluding tert-OH is 1. The minimum absolute atomic E-state index is 0.0466. The summed E-state index contributed by atoms with van der Waals surface area (Å²) in [4.78, 5) is 0. The third-order valence-corrected chi connectivity index (χ3v) is 2.83. The molecule has 0 aliphatic rings. The molecule has 0 aliphatic carbocycles. The summed E-state index contributed by atoms with van der Waals surface area (Å²) < 4.78 is 1.83. The molecule has 1 N–H and O–H groups in total. The van der Waals surface area contributed by atoms with Gasteiger partial charge < -0.3 is 5.11 Å². The molecule has 0 amide bonds. The Balaban J connectivity index is 2.41. The highest BCUT2D eigenvalue weighted by Gasteiger charge is 2.07. The van der Waals surface area contributed by atoms with E-state index in [-0.39, 0.29) is 6.61 Å². The molecule has 74 valence electrons. The first-order valence-electron chi connectivity index (χ1n) is 4.55. The van der Waals surface area contributed by atoms with Gasteiger partial charge in [-0.25, -0.2) is 0 Å². The molecule has 0 radical (unpaired) electrons. The Labute approximate surface area is 86.6 Å². The molecule has 0 bridgehead atoms. The first-order valence-corrected chi connectivity index (χ1v) is 5.49. The van der Waals surface area contributed by atoms with Crippen LogP contribution in [0.5, 0.6) is 0 Å². The van der Waals surface area contributed by atoms with E-state index >= 15 is 0 Å². The summed E-state index contributed by atoms with van der Waals surface area (Å²) in [6, 6.07) is 3.97. The fraction of sp³-hybridized carbons (Fsp3) is 0.300. The minimum atomic E-state index is 0.0466. The summed E-state index contributed by atoms with van der Waals surface area (Å²) in [5.41, 5.74) is 2.93. The largest absolute Gasteiger partial charge is 0.390 e. The molecule has 0 unspecified atom stereocenters. The number of thiophene rings is 1. The van der Waals surface area contributed by atoms with E-state index < -0.39 is 0 Å². The van der Waals surface area contributed by atoms with Crippen LogP contribution < -0.4 is 0 Å². The van der Waals surface area contributed by atoms with Gasteiger partial charge in [-0.2, -0.15) is 16.4 Å². The molecule has 0 aliphatic heterocycles. The lowest BCUT2D eigenvalue weighted by Crippen LogP contribution is -2.01. The van der Waals surface area contributed by atoms with Crippen molar-refractivity contribution in [3.05, 3.63) is 28.6 Å². The Kier molecular flexibility index (Phi) is 2.65. The predicted octanol–water partition coefficient (Wildman–Crippen LogP) is 2.12. The van der Waals surface area contributed by atoms with Crippen molar-refractivity contribution in [1.82, 2.24) is 9.78 Å². The monoisotopic (exact) mass is 208 g/mol. The van der Waals surface area contributed by atoms with Crippen LogP contribution in [0.3, 0.4) is 0 Å². The zero-order valence-corrected chi connectivity index (χ0v) is 8.79. The van der Waals surface area contributed by atoms with Gasteiger partial charge in [0.25, 0.3) is 0 Å². The van der Waals surface area contributed by atoms with Crippen LogP contribution in [0, 0.1) is 0 Å². The summed E-state index contributed by atoms with van der Waals surface area (Å²) in [6.45, 7) is 2.86. The van der Waals surface area contributed by atoms with Crippen LogP contribution in [0.25, 0.3) is 11.3 Å². The normalized spacial score (nSPS) is 10.7. The lowest BCUT2D eigenvalue weighted by atomic mass is 10.2. The van der Waals surface area contributed by atoms with Crippen molar-refractivity contribution >= 4 is 11.3 Å². The van der Waals surface area contributed by atoms with E-state index in [1.165, 1.54) is 0 Å². The van der Waals surface area contributed by atoms with Gasteiger partial charge in [-0.15, -0.1) is 0 Å². The van der Waals surface area contributed by atoms with E-state index in [2.05, 4.69) is 10.5 Å². The van der Waals surface area contributed by atoms with Gasteiger partial charge in [-0.1, -0.05) is 0 Å². The Morgan fingerprint density at radius 1 is 1.57 bits per heavy atom. The molecule has 4 heteroatoms. The molecule has 0 spiro atoms. The van der Waals surface area contributed by atoms with Gasteiger partial charge in [0.2, 0.25) is 0 Å². The summed E-state index contributed by atoms with van der Waals surface area (Å²) in [5.74, 6) is 0. The predicted molar refractivity (Wildman–Crippen MR) is 57.1 cm³/mol. The third kappa shape index (κ3) is 1.58. The molecule has 14 heavy (non-hydrogen) atoms. The van der Waals surface area contributed by atoms with Crippen molar-refractivity contribution in [1.29, 1.82) is 0 Å². The van der Waals surface area contributed by atoms with E-state index in [0.29, 0.717) is 0 Å². The maximum absolute atomic E-state index is 9.10. The van der Waals surface area contributed by atoms with Crippen molar-refractivity contribution in [2.45, 2.75) is 20.1 Å². The smallest absolute Gasteiger partial charge is 0.0935 e. The fourth-order valence-corrected chi connectivity index (χ4v) is 2.06. The average Bonchev–Trinajstić information content (AvgIpc) is 2.85. The third-order valence-electron chi connectivity index (χ3n) is 2.14. The highest BCUT2D eigenvalue weighted by molar-refractivity contribution is 7.08. The SMILES string of the molecule is CCn1nc(-c2ccsc2)cc1CO. The molecule has 2 rings (SSSR count). The second-order valence-electron chi connectivity index (χ2n) is 3.01. The summed E-state index contributed by atoms with van der Waals surface area (Å²) >= 11 is 1.65. The molecule has 2 aromatic rings. The Hall–Kier alpha value is -1.13. The lowest BCUT2D eigenvalue weighted by Gasteiger charge is -1.98. The minimum Gasteiger partial charge on any atom is -0.390 e. The molecule has 3 nitrogen and oxygen atoms in total. The zero-order chi connectivity index (χ0) is 9.97. The number of aliphatic hydroxyl groups is 1. The van der Waals surface area contributed by atoms with Crippen LogP contribution >= 0.6 is 11.3 Å². The fourth-order valence-electron chi connectivity index (χ4n) is 1.41. The van der Waals surface area contributed by atoms with Crippen LogP contribution in [-0.2, 0) is 13.2 Å². The van der Waals surface area contributed by atoms with Crippen LogP contribution in [0.4, 0.5) is 0 Å². The molecule has 2 aromatic heterocycles. The van der Waals surface area contributed by atoms with Crippen molar-refractivity contribution < 1.29 is 5.11 Å². The van der Waals surface area contributed by atoms with Crippen LogP contribution in [0.1, 0.15) is 12.6 Å². The van der Waals surface area contributed by atoms with Gasteiger partial charge in [0, 0.05) is 17.5 Å². The van der Waals surface area contributed by atoms with E-state index in [9.17, 15) is 0 Å². The number of nitrogens with zero attached hydrogens (tertiary/aromatic N) is 2. The topological polar surface area (TPSA) is 38.0 Å². The second kappa shape index (κ2) is 3.94. The molecule has 0 saturated heterocycles. The van der Waals surface area contributed by atoms with E-state index in [1.807, 2.05) is 29.1 Å². The first kappa shape index (κ1) is 9.43. The van der Waals surface area contributed by atoms with E-state index in [0.717, 1.165) is 23.5 Å². The van der Waals surface area contributed by atoms with Gasteiger partial charge in [0.1, 0.15) is 0 Å². The molecule has 0 atom stereocenters. The van der Waals surface area contributed by atoms with Crippen molar-refractivity contribution in [2.24, 2.45) is 0 Å². The number of aryl methyl sites for hydroxylation is 1. The van der Waals surface area contributed by atoms with Crippen LogP contribution in [0.15, 0.2) is 22.9 Å². The van der Waals surface area contributed by atoms with Gasteiger partial charge in [-0.3, -0.25) is 4.68 Å². The maximum Gasteiger partial charge on any atom is 0.0935 e. The Morgan fingerprint density at radius 3 is 2.93 bits per heavy atom.